The van der Waals surface area contributed by atoms with Gasteiger partial charge in [0.1, 0.15) is 17.1 Å². The van der Waals surface area contributed by atoms with Crippen LogP contribution in [-0.2, 0) is 5.75 Å². The van der Waals surface area contributed by atoms with Crippen LogP contribution in [0.15, 0.2) is 74.5 Å². The Labute approximate surface area is 167 Å². The molecule has 1 unspecified atom stereocenters. The van der Waals surface area contributed by atoms with Gasteiger partial charge in [0.25, 0.3) is 5.91 Å². The first kappa shape index (κ1) is 18.4. The smallest absolute Gasteiger partial charge is 0.252 e. The van der Waals surface area contributed by atoms with Crippen molar-refractivity contribution in [3.63, 3.8) is 0 Å². The predicted octanol–water partition coefficient (Wildman–Crippen LogP) is 5.51. The standard InChI is InChI=1S/C22H20N2O3S/c1-14-11-17(27-24-14)13-28-21-10-6-4-8-18(21)22(25)23-15(2)20-12-16-7-3-5-9-19(16)26-20/h3-12,15H,13H2,1-2H3,(H,23,25). The van der Waals surface area contributed by atoms with Gasteiger partial charge >= 0.3 is 0 Å². The third kappa shape index (κ3) is 3.97. The molecule has 1 atom stereocenters. The third-order valence-corrected chi connectivity index (χ3v) is 5.49. The van der Waals surface area contributed by atoms with Crippen molar-refractivity contribution in [3.8, 4) is 0 Å². The normalized spacial score (nSPS) is 12.2. The summed E-state index contributed by atoms with van der Waals surface area (Å²) in [6.45, 7) is 3.81. The van der Waals surface area contributed by atoms with Gasteiger partial charge < -0.3 is 14.3 Å². The van der Waals surface area contributed by atoms with E-state index in [1.54, 1.807) is 11.8 Å². The highest BCUT2D eigenvalue weighted by Crippen LogP contribution is 2.28. The number of hydrogen-bond acceptors (Lipinski definition) is 5. The van der Waals surface area contributed by atoms with Gasteiger partial charge in [0.2, 0.25) is 0 Å². The van der Waals surface area contributed by atoms with Gasteiger partial charge in [-0.1, -0.05) is 35.5 Å². The molecule has 0 bridgehead atoms. The molecule has 4 rings (SSSR count). The average molecular weight is 392 g/mol. The summed E-state index contributed by atoms with van der Waals surface area (Å²) in [5, 5.41) is 7.96. The number of nitrogens with one attached hydrogen (secondary N) is 1. The Morgan fingerprint density at radius 3 is 2.71 bits per heavy atom. The van der Waals surface area contributed by atoms with Gasteiger partial charge in [-0.15, -0.1) is 11.8 Å². The van der Waals surface area contributed by atoms with E-state index in [0.29, 0.717) is 11.3 Å². The molecule has 2 aromatic heterocycles. The van der Waals surface area contributed by atoms with Gasteiger partial charge in [0.05, 0.1) is 23.1 Å². The minimum atomic E-state index is -0.241. The molecule has 0 radical (unpaired) electrons. The summed E-state index contributed by atoms with van der Waals surface area (Å²) in [7, 11) is 0. The van der Waals surface area contributed by atoms with Crippen LogP contribution in [-0.4, -0.2) is 11.1 Å². The molecular weight excluding hydrogens is 372 g/mol. The van der Waals surface area contributed by atoms with Crippen LogP contribution in [0, 0.1) is 6.92 Å². The van der Waals surface area contributed by atoms with Gasteiger partial charge in [-0.25, -0.2) is 0 Å². The molecule has 6 heteroatoms. The lowest BCUT2D eigenvalue weighted by Gasteiger charge is -2.13. The van der Waals surface area contributed by atoms with Gasteiger partial charge in [-0.2, -0.15) is 0 Å². The first-order valence-corrected chi connectivity index (χ1v) is 10.0. The number of carbonyl (C=O) groups excluding carboxylic acids is 1. The first-order valence-electron chi connectivity index (χ1n) is 9.03. The highest BCUT2D eigenvalue weighted by atomic mass is 32.2. The average Bonchev–Trinajstić information content (AvgIpc) is 3.32. The van der Waals surface area contributed by atoms with Crippen LogP contribution in [0.1, 0.15) is 40.5 Å². The van der Waals surface area contributed by atoms with Crippen LogP contribution < -0.4 is 5.32 Å². The minimum absolute atomic E-state index is 0.134. The Bertz CT molecular complexity index is 1080. The van der Waals surface area contributed by atoms with E-state index in [-0.39, 0.29) is 11.9 Å². The van der Waals surface area contributed by atoms with Crippen molar-refractivity contribution >= 4 is 28.6 Å². The summed E-state index contributed by atoms with van der Waals surface area (Å²) < 4.78 is 11.1. The fourth-order valence-electron chi connectivity index (χ4n) is 2.97. The molecule has 142 valence electrons. The van der Waals surface area contributed by atoms with E-state index in [9.17, 15) is 4.79 Å². The largest absolute Gasteiger partial charge is 0.459 e. The summed E-state index contributed by atoms with van der Waals surface area (Å²) in [5.41, 5.74) is 2.30. The molecule has 5 nitrogen and oxygen atoms in total. The number of fused-ring (bicyclic) bond motifs is 1. The number of benzene rings is 2. The number of nitrogens with zero attached hydrogens (tertiary/aromatic N) is 1. The molecule has 2 aromatic carbocycles. The van der Waals surface area contributed by atoms with Crippen molar-refractivity contribution in [2.24, 2.45) is 0 Å². The Balaban J connectivity index is 1.48. The van der Waals surface area contributed by atoms with Gasteiger partial charge in [-0.3, -0.25) is 4.79 Å². The van der Waals surface area contributed by atoms with E-state index in [1.807, 2.05) is 74.5 Å². The molecular formula is C22H20N2O3S. The number of rotatable bonds is 6. The lowest BCUT2D eigenvalue weighted by Crippen LogP contribution is -2.26. The Morgan fingerprint density at radius 1 is 1.14 bits per heavy atom. The summed E-state index contributed by atoms with van der Waals surface area (Å²) >= 11 is 1.55. The van der Waals surface area contributed by atoms with E-state index in [2.05, 4.69) is 10.5 Å². The van der Waals surface area contributed by atoms with Crippen LogP contribution in [0.25, 0.3) is 11.0 Å². The number of furan rings is 1. The highest BCUT2D eigenvalue weighted by Gasteiger charge is 2.18. The van der Waals surface area contributed by atoms with Gasteiger partial charge in [0.15, 0.2) is 0 Å². The second-order valence-electron chi connectivity index (χ2n) is 6.60. The van der Waals surface area contributed by atoms with Crippen molar-refractivity contribution in [3.05, 3.63) is 83.4 Å². The summed E-state index contributed by atoms with van der Waals surface area (Å²) in [5.74, 6) is 2.00. The van der Waals surface area contributed by atoms with Crippen LogP contribution in [0.5, 0.6) is 0 Å². The number of aromatic nitrogens is 1. The number of amides is 1. The molecule has 0 spiro atoms. The summed E-state index contributed by atoms with van der Waals surface area (Å²) in [6, 6.07) is 19.0. The molecule has 0 aliphatic rings. The summed E-state index contributed by atoms with van der Waals surface area (Å²) in [6.07, 6.45) is 0. The Hall–Kier alpha value is -2.99. The van der Waals surface area contributed by atoms with Crippen LogP contribution >= 0.6 is 11.8 Å². The van der Waals surface area contributed by atoms with Crippen molar-refractivity contribution in [2.45, 2.75) is 30.5 Å². The number of aryl methyl sites for hydroxylation is 1. The number of carbonyl (C=O) groups is 1. The second-order valence-corrected chi connectivity index (χ2v) is 7.62. The fourth-order valence-corrected chi connectivity index (χ4v) is 3.90. The molecule has 0 saturated heterocycles. The van der Waals surface area contributed by atoms with E-state index < -0.39 is 0 Å². The lowest BCUT2D eigenvalue weighted by atomic mass is 10.1. The number of para-hydroxylation sites is 1. The zero-order chi connectivity index (χ0) is 19.5. The van der Waals surface area contributed by atoms with Crippen LogP contribution in [0.4, 0.5) is 0 Å². The van der Waals surface area contributed by atoms with E-state index in [0.717, 1.165) is 33.1 Å². The maximum atomic E-state index is 12.9. The molecule has 0 aliphatic heterocycles. The fraction of sp³-hybridized carbons (Fsp3) is 0.182. The molecule has 0 fully saturated rings. The zero-order valence-corrected chi connectivity index (χ0v) is 16.5. The zero-order valence-electron chi connectivity index (χ0n) is 15.6. The molecule has 1 N–H and O–H groups in total. The minimum Gasteiger partial charge on any atom is -0.459 e. The maximum absolute atomic E-state index is 12.9. The van der Waals surface area contributed by atoms with Gasteiger partial charge in [-0.05, 0) is 38.1 Å². The van der Waals surface area contributed by atoms with E-state index >= 15 is 0 Å². The van der Waals surface area contributed by atoms with Crippen molar-refractivity contribution in [2.75, 3.05) is 0 Å². The lowest BCUT2D eigenvalue weighted by molar-refractivity contribution is 0.0932. The Kier molecular flexibility index (Phi) is 5.21. The van der Waals surface area contributed by atoms with E-state index in [4.69, 9.17) is 8.94 Å². The van der Waals surface area contributed by atoms with Crippen LogP contribution in [0.3, 0.4) is 0 Å². The quantitative estimate of drug-likeness (QED) is 0.438. The SMILES string of the molecule is Cc1cc(CSc2ccccc2C(=O)NC(C)c2cc3ccccc3o2)on1. The van der Waals surface area contributed by atoms with Crippen LogP contribution in [0.2, 0.25) is 0 Å². The second kappa shape index (κ2) is 7.94. The monoisotopic (exact) mass is 392 g/mol. The molecule has 0 aliphatic carbocycles. The third-order valence-electron chi connectivity index (χ3n) is 4.40. The molecule has 1 amide bonds. The highest BCUT2D eigenvalue weighted by molar-refractivity contribution is 7.98. The Morgan fingerprint density at radius 2 is 1.93 bits per heavy atom. The molecule has 0 saturated carbocycles. The van der Waals surface area contributed by atoms with E-state index in [1.165, 1.54) is 0 Å². The molecule has 2 heterocycles. The number of hydrogen-bond donors (Lipinski definition) is 1. The molecule has 4 aromatic rings. The number of thioether (sulfide) groups is 1. The predicted molar refractivity (Wildman–Crippen MR) is 109 cm³/mol. The maximum Gasteiger partial charge on any atom is 0.252 e. The topological polar surface area (TPSA) is 68.3 Å². The summed E-state index contributed by atoms with van der Waals surface area (Å²) in [4.78, 5) is 13.8. The van der Waals surface area contributed by atoms with Crippen molar-refractivity contribution in [1.82, 2.24) is 10.5 Å². The van der Waals surface area contributed by atoms with Gasteiger partial charge in [0, 0.05) is 16.3 Å². The van der Waals surface area contributed by atoms with Crippen molar-refractivity contribution < 1.29 is 13.7 Å². The van der Waals surface area contributed by atoms with Crippen molar-refractivity contribution in [1.29, 1.82) is 0 Å². The first-order chi connectivity index (χ1) is 13.6. The molecule has 28 heavy (non-hydrogen) atoms.